The summed E-state index contributed by atoms with van der Waals surface area (Å²) in [6.45, 7) is 2.34. The first-order valence-corrected chi connectivity index (χ1v) is 6.10. The van der Waals surface area contributed by atoms with E-state index in [1.54, 1.807) is 19.1 Å². The topological polar surface area (TPSA) is 49.3 Å². The van der Waals surface area contributed by atoms with E-state index in [-0.39, 0.29) is 12.0 Å². The van der Waals surface area contributed by atoms with Gasteiger partial charge in [-0.3, -0.25) is 4.79 Å². The Kier molecular flexibility index (Phi) is 5.49. The highest BCUT2D eigenvalue weighted by atomic mass is 79.9. The van der Waals surface area contributed by atoms with Crippen molar-refractivity contribution in [1.29, 1.82) is 0 Å². The van der Waals surface area contributed by atoms with Crippen molar-refractivity contribution >= 4 is 21.8 Å². The van der Waals surface area contributed by atoms with Crippen molar-refractivity contribution in [2.45, 2.75) is 25.9 Å². The largest absolute Gasteiger partial charge is 0.393 e. The fourth-order valence-corrected chi connectivity index (χ4v) is 1.73. The number of halogens is 1. The van der Waals surface area contributed by atoms with Crippen LogP contribution in [0.5, 0.6) is 0 Å². The summed E-state index contributed by atoms with van der Waals surface area (Å²) in [4.78, 5) is 11.6. The first kappa shape index (κ1) is 13.2. The second-order valence-corrected chi connectivity index (χ2v) is 4.67. The van der Waals surface area contributed by atoms with Gasteiger partial charge < -0.3 is 10.4 Å². The number of nitrogens with one attached hydrogen (secondary N) is 1. The molecule has 88 valence electrons. The third-order valence-corrected chi connectivity index (χ3v) is 2.66. The average Bonchev–Trinajstić information content (AvgIpc) is 2.24. The standard InChI is InChI=1S/C12H16BrNO2/c1-9(15)4-3-7-14-12(16)10-5-2-6-11(13)8-10/h2,5-6,8-9,15H,3-4,7H2,1H3,(H,14,16). The van der Waals surface area contributed by atoms with E-state index in [1.165, 1.54) is 0 Å². The van der Waals surface area contributed by atoms with Gasteiger partial charge in [-0.25, -0.2) is 0 Å². The molecular formula is C12H16BrNO2. The second kappa shape index (κ2) is 6.66. The molecule has 0 saturated carbocycles. The number of carbonyl (C=O) groups excluding carboxylic acids is 1. The van der Waals surface area contributed by atoms with Crippen molar-refractivity contribution < 1.29 is 9.90 Å². The monoisotopic (exact) mass is 285 g/mol. The van der Waals surface area contributed by atoms with Crippen molar-refractivity contribution in [2.75, 3.05) is 6.54 Å². The van der Waals surface area contributed by atoms with Gasteiger partial charge in [0.2, 0.25) is 0 Å². The minimum Gasteiger partial charge on any atom is -0.393 e. The Morgan fingerprint density at radius 1 is 1.56 bits per heavy atom. The third kappa shape index (κ3) is 4.77. The number of carbonyl (C=O) groups is 1. The minimum atomic E-state index is -0.303. The van der Waals surface area contributed by atoms with E-state index in [0.29, 0.717) is 18.5 Å². The number of amides is 1. The molecule has 4 heteroatoms. The van der Waals surface area contributed by atoms with Crippen LogP contribution in [-0.2, 0) is 0 Å². The summed E-state index contributed by atoms with van der Waals surface area (Å²) < 4.78 is 0.893. The zero-order valence-electron chi connectivity index (χ0n) is 9.24. The Morgan fingerprint density at radius 3 is 2.94 bits per heavy atom. The summed E-state index contributed by atoms with van der Waals surface area (Å²) in [6, 6.07) is 7.26. The number of aliphatic hydroxyl groups excluding tert-OH is 1. The molecule has 1 aromatic carbocycles. The first-order chi connectivity index (χ1) is 7.59. The van der Waals surface area contributed by atoms with Crippen LogP contribution in [0.25, 0.3) is 0 Å². The molecule has 0 aromatic heterocycles. The van der Waals surface area contributed by atoms with Crippen LogP contribution < -0.4 is 5.32 Å². The summed E-state index contributed by atoms with van der Waals surface area (Å²) in [5.41, 5.74) is 0.645. The number of hydrogen-bond donors (Lipinski definition) is 2. The summed E-state index contributed by atoms with van der Waals surface area (Å²) in [5.74, 6) is -0.0770. The fraction of sp³-hybridized carbons (Fsp3) is 0.417. The van der Waals surface area contributed by atoms with Gasteiger partial charge in [-0.15, -0.1) is 0 Å². The zero-order valence-corrected chi connectivity index (χ0v) is 10.8. The van der Waals surface area contributed by atoms with Crippen molar-refractivity contribution in [1.82, 2.24) is 5.32 Å². The molecule has 1 amide bonds. The van der Waals surface area contributed by atoms with Gasteiger partial charge in [0.25, 0.3) is 5.91 Å². The lowest BCUT2D eigenvalue weighted by Crippen LogP contribution is -2.24. The molecule has 0 aliphatic rings. The Balaban J connectivity index is 2.35. The van der Waals surface area contributed by atoms with E-state index >= 15 is 0 Å². The van der Waals surface area contributed by atoms with E-state index in [1.807, 2.05) is 12.1 Å². The molecule has 0 aliphatic heterocycles. The van der Waals surface area contributed by atoms with E-state index in [0.717, 1.165) is 10.9 Å². The minimum absolute atomic E-state index is 0.0770. The van der Waals surface area contributed by atoms with Gasteiger partial charge in [-0.05, 0) is 38.0 Å². The van der Waals surface area contributed by atoms with Gasteiger partial charge in [-0.2, -0.15) is 0 Å². The maximum absolute atomic E-state index is 11.6. The van der Waals surface area contributed by atoms with Crippen molar-refractivity contribution in [3.63, 3.8) is 0 Å². The van der Waals surface area contributed by atoms with Gasteiger partial charge in [0.15, 0.2) is 0 Å². The molecule has 1 atom stereocenters. The molecule has 1 unspecified atom stereocenters. The number of rotatable bonds is 5. The van der Waals surface area contributed by atoms with Gasteiger partial charge in [0, 0.05) is 16.6 Å². The highest BCUT2D eigenvalue weighted by Crippen LogP contribution is 2.11. The molecular weight excluding hydrogens is 270 g/mol. The van der Waals surface area contributed by atoms with Gasteiger partial charge >= 0.3 is 0 Å². The van der Waals surface area contributed by atoms with E-state index < -0.39 is 0 Å². The van der Waals surface area contributed by atoms with Crippen LogP contribution >= 0.6 is 15.9 Å². The van der Waals surface area contributed by atoms with Crippen LogP contribution in [0, 0.1) is 0 Å². The molecule has 16 heavy (non-hydrogen) atoms. The Bertz CT molecular complexity index is 353. The predicted octanol–water partition coefficient (Wildman–Crippen LogP) is 2.34. The lowest BCUT2D eigenvalue weighted by atomic mass is 10.2. The molecule has 0 spiro atoms. The van der Waals surface area contributed by atoms with Gasteiger partial charge in [-0.1, -0.05) is 22.0 Å². The van der Waals surface area contributed by atoms with Crippen LogP contribution in [0.2, 0.25) is 0 Å². The highest BCUT2D eigenvalue weighted by Gasteiger charge is 2.04. The third-order valence-electron chi connectivity index (χ3n) is 2.17. The van der Waals surface area contributed by atoms with Crippen molar-refractivity contribution in [3.05, 3.63) is 34.3 Å². The predicted molar refractivity (Wildman–Crippen MR) is 67.4 cm³/mol. The Labute approximate surface area is 104 Å². The second-order valence-electron chi connectivity index (χ2n) is 3.76. The molecule has 3 nitrogen and oxygen atoms in total. The van der Waals surface area contributed by atoms with E-state index in [4.69, 9.17) is 5.11 Å². The summed E-state index contributed by atoms with van der Waals surface area (Å²) in [7, 11) is 0. The smallest absolute Gasteiger partial charge is 0.251 e. The zero-order chi connectivity index (χ0) is 12.0. The lowest BCUT2D eigenvalue weighted by molar-refractivity contribution is 0.0949. The molecule has 0 aliphatic carbocycles. The summed E-state index contributed by atoms with van der Waals surface area (Å²) >= 11 is 3.32. The fourth-order valence-electron chi connectivity index (χ4n) is 1.33. The van der Waals surface area contributed by atoms with Crippen molar-refractivity contribution in [3.8, 4) is 0 Å². The number of aliphatic hydroxyl groups is 1. The van der Waals surface area contributed by atoms with Crippen LogP contribution in [0.4, 0.5) is 0 Å². The highest BCUT2D eigenvalue weighted by molar-refractivity contribution is 9.10. The molecule has 0 radical (unpaired) electrons. The average molecular weight is 286 g/mol. The quantitative estimate of drug-likeness (QED) is 0.816. The molecule has 0 heterocycles. The Morgan fingerprint density at radius 2 is 2.31 bits per heavy atom. The van der Waals surface area contributed by atoms with Crippen LogP contribution in [0.3, 0.4) is 0 Å². The molecule has 1 aromatic rings. The summed E-state index contributed by atoms with van der Waals surface area (Å²) in [5, 5.41) is 11.9. The first-order valence-electron chi connectivity index (χ1n) is 5.31. The summed E-state index contributed by atoms with van der Waals surface area (Å²) in [6.07, 6.45) is 1.19. The van der Waals surface area contributed by atoms with Crippen LogP contribution in [-0.4, -0.2) is 23.7 Å². The SMILES string of the molecule is CC(O)CCCNC(=O)c1cccc(Br)c1. The number of hydrogen-bond acceptors (Lipinski definition) is 2. The van der Waals surface area contributed by atoms with Gasteiger partial charge in [0.1, 0.15) is 0 Å². The van der Waals surface area contributed by atoms with Crippen LogP contribution in [0.15, 0.2) is 28.7 Å². The van der Waals surface area contributed by atoms with E-state index in [9.17, 15) is 4.79 Å². The number of benzene rings is 1. The maximum Gasteiger partial charge on any atom is 0.251 e. The molecule has 0 bridgehead atoms. The van der Waals surface area contributed by atoms with E-state index in [2.05, 4.69) is 21.2 Å². The molecule has 1 rings (SSSR count). The molecule has 0 saturated heterocycles. The maximum atomic E-state index is 11.6. The normalized spacial score (nSPS) is 12.2. The van der Waals surface area contributed by atoms with Gasteiger partial charge in [0.05, 0.1) is 6.10 Å². The lowest BCUT2D eigenvalue weighted by Gasteiger charge is -2.06. The van der Waals surface area contributed by atoms with Crippen molar-refractivity contribution in [2.24, 2.45) is 0 Å². The molecule has 0 fully saturated rings. The van der Waals surface area contributed by atoms with Crippen LogP contribution in [0.1, 0.15) is 30.1 Å². The Hall–Kier alpha value is -0.870. The molecule has 2 N–H and O–H groups in total.